The average Bonchev–Trinajstić information content (AvgIpc) is 3.21. The molecule has 1 aromatic heterocycles. The number of oxazole rings is 1. The van der Waals surface area contributed by atoms with Crippen LogP contribution in [0.4, 0.5) is 5.69 Å². The summed E-state index contributed by atoms with van der Waals surface area (Å²) in [5, 5.41) is 3.65. The molecular weight excluding hydrogens is 459 g/mol. The van der Waals surface area contributed by atoms with Gasteiger partial charge in [0.05, 0.1) is 12.1 Å². The lowest BCUT2D eigenvalue weighted by molar-refractivity contribution is -0.111. The lowest BCUT2D eigenvalue weighted by Crippen LogP contribution is -2.07. The topological polar surface area (TPSA) is 64.4 Å². The van der Waals surface area contributed by atoms with Gasteiger partial charge < -0.3 is 14.5 Å². The van der Waals surface area contributed by atoms with E-state index in [1.165, 1.54) is 18.7 Å². The summed E-state index contributed by atoms with van der Waals surface area (Å²) in [6.45, 7) is 4.31. The minimum atomic E-state index is -0.319. The Hall–Kier alpha value is -3.28. The highest BCUT2D eigenvalue weighted by molar-refractivity contribution is 6.36. The van der Waals surface area contributed by atoms with Crippen molar-refractivity contribution in [1.29, 1.82) is 0 Å². The van der Waals surface area contributed by atoms with E-state index in [0.717, 1.165) is 5.56 Å². The molecule has 7 heteroatoms. The average molecular weight is 481 g/mol. The summed E-state index contributed by atoms with van der Waals surface area (Å²) in [5.74, 6) is 1.12. The third-order valence-electron chi connectivity index (χ3n) is 5.13. The van der Waals surface area contributed by atoms with Crippen molar-refractivity contribution in [3.8, 4) is 17.2 Å². The predicted molar refractivity (Wildman–Crippen MR) is 134 cm³/mol. The van der Waals surface area contributed by atoms with Crippen LogP contribution in [0.25, 0.3) is 28.6 Å². The molecule has 3 aromatic carbocycles. The molecule has 1 N–H and O–H groups in total. The van der Waals surface area contributed by atoms with Crippen molar-refractivity contribution in [2.75, 3.05) is 12.4 Å². The zero-order valence-electron chi connectivity index (χ0n) is 18.4. The van der Waals surface area contributed by atoms with E-state index in [0.29, 0.717) is 50.0 Å². The van der Waals surface area contributed by atoms with Crippen molar-refractivity contribution in [3.63, 3.8) is 0 Å². The van der Waals surface area contributed by atoms with E-state index in [1.807, 2.05) is 12.1 Å². The molecule has 0 aliphatic rings. The minimum absolute atomic E-state index is 0.319. The number of anilines is 1. The van der Waals surface area contributed by atoms with Gasteiger partial charge in [-0.2, -0.15) is 0 Å². The monoisotopic (exact) mass is 480 g/mol. The number of fused-ring (bicyclic) bond motifs is 1. The number of benzene rings is 3. The number of amides is 1. The second kappa shape index (κ2) is 9.69. The molecule has 0 unspecified atom stereocenters. The van der Waals surface area contributed by atoms with E-state index in [4.69, 9.17) is 32.4 Å². The Balaban J connectivity index is 1.51. The van der Waals surface area contributed by atoms with Crippen LogP contribution in [0.3, 0.4) is 0 Å². The van der Waals surface area contributed by atoms with Gasteiger partial charge in [-0.05, 0) is 60.0 Å². The van der Waals surface area contributed by atoms with Crippen molar-refractivity contribution < 1.29 is 13.9 Å². The van der Waals surface area contributed by atoms with Gasteiger partial charge in [0.15, 0.2) is 5.58 Å². The molecule has 0 aliphatic carbocycles. The highest BCUT2D eigenvalue weighted by atomic mass is 35.5. The summed E-state index contributed by atoms with van der Waals surface area (Å²) in [6, 6.07) is 16.7. The Labute approximate surface area is 202 Å². The van der Waals surface area contributed by atoms with E-state index >= 15 is 0 Å². The fraction of sp³-hybridized carbons (Fsp3) is 0.154. The first-order valence-corrected chi connectivity index (χ1v) is 11.1. The number of rotatable bonds is 6. The van der Waals surface area contributed by atoms with E-state index in [-0.39, 0.29) is 5.91 Å². The van der Waals surface area contributed by atoms with Gasteiger partial charge in [0, 0.05) is 27.9 Å². The number of aromatic nitrogens is 1. The van der Waals surface area contributed by atoms with Crippen LogP contribution in [0.2, 0.25) is 10.0 Å². The predicted octanol–water partition coefficient (Wildman–Crippen LogP) is 7.59. The molecule has 0 bridgehead atoms. The van der Waals surface area contributed by atoms with Crippen molar-refractivity contribution >= 4 is 52.0 Å². The van der Waals surface area contributed by atoms with Crippen LogP contribution in [0.5, 0.6) is 5.75 Å². The number of hydrogen-bond donors (Lipinski definition) is 1. The molecule has 4 rings (SSSR count). The van der Waals surface area contributed by atoms with Gasteiger partial charge in [0.2, 0.25) is 11.8 Å². The van der Waals surface area contributed by atoms with E-state index in [9.17, 15) is 4.79 Å². The second-order valence-electron chi connectivity index (χ2n) is 7.81. The molecule has 0 fully saturated rings. The molecule has 0 spiro atoms. The highest BCUT2D eigenvalue weighted by Crippen LogP contribution is 2.33. The smallest absolute Gasteiger partial charge is 0.248 e. The molecular formula is C26H22Cl2N2O3. The zero-order chi connectivity index (χ0) is 23.5. The standard InChI is InChI=1S/C26H22Cl2N2O3/c1-15(2)16-4-6-17(7-5-16)26-30-22-14-20(9-10-23(22)33-26)29-24(31)11-8-18-12-19(27)13-21(28)25(18)32-3/h4-15H,1-3H3,(H,29,31). The summed E-state index contributed by atoms with van der Waals surface area (Å²) < 4.78 is 11.2. The quantitative estimate of drug-likeness (QED) is 0.288. The highest BCUT2D eigenvalue weighted by Gasteiger charge is 2.11. The number of hydrogen-bond acceptors (Lipinski definition) is 4. The number of ether oxygens (including phenoxy) is 1. The minimum Gasteiger partial charge on any atom is -0.495 e. The Morgan fingerprint density at radius 2 is 1.85 bits per heavy atom. The van der Waals surface area contributed by atoms with Crippen molar-refractivity contribution in [2.24, 2.45) is 0 Å². The van der Waals surface area contributed by atoms with Crippen LogP contribution < -0.4 is 10.1 Å². The van der Waals surface area contributed by atoms with Gasteiger partial charge in [0.25, 0.3) is 0 Å². The van der Waals surface area contributed by atoms with Gasteiger partial charge in [-0.15, -0.1) is 0 Å². The van der Waals surface area contributed by atoms with Crippen LogP contribution in [0.1, 0.15) is 30.9 Å². The fourth-order valence-electron chi connectivity index (χ4n) is 3.41. The number of methoxy groups -OCH3 is 1. The number of carbonyl (C=O) groups is 1. The molecule has 0 saturated heterocycles. The van der Waals surface area contributed by atoms with Gasteiger partial charge in [-0.25, -0.2) is 4.98 Å². The molecule has 33 heavy (non-hydrogen) atoms. The van der Waals surface area contributed by atoms with E-state index < -0.39 is 0 Å². The largest absolute Gasteiger partial charge is 0.495 e. The lowest BCUT2D eigenvalue weighted by atomic mass is 10.0. The van der Waals surface area contributed by atoms with Crippen LogP contribution in [0.15, 0.2) is 65.1 Å². The Bertz CT molecular complexity index is 1340. The SMILES string of the molecule is COc1c(Cl)cc(Cl)cc1C=CC(=O)Nc1ccc2oc(-c3ccc(C(C)C)cc3)nc2c1. The molecule has 1 amide bonds. The summed E-state index contributed by atoms with van der Waals surface area (Å²) in [5.41, 5.74) is 4.66. The first-order chi connectivity index (χ1) is 15.8. The number of carbonyl (C=O) groups excluding carboxylic acids is 1. The first-order valence-electron chi connectivity index (χ1n) is 10.4. The third kappa shape index (κ3) is 5.21. The number of halogens is 2. The van der Waals surface area contributed by atoms with Gasteiger partial charge in [-0.1, -0.05) is 49.2 Å². The Kier molecular flexibility index (Phi) is 6.72. The maximum absolute atomic E-state index is 12.5. The number of nitrogens with one attached hydrogen (secondary N) is 1. The van der Waals surface area contributed by atoms with Crippen molar-refractivity contribution in [3.05, 3.63) is 81.8 Å². The van der Waals surface area contributed by atoms with Gasteiger partial charge in [-0.3, -0.25) is 4.79 Å². The fourth-order valence-corrected chi connectivity index (χ4v) is 3.99. The van der Waals surface area contributed by atoms with Crippen LogP contribution in [0, 0.1) is 0 Å². The Morgan fingerprint density at radius 3 is 2.55 bits per heavy atom. The maximum Gasteiger partial charge on any atom is 0.248 e. The van der Waals surface area contributed by atoms with Gasteiger partial charge in [0.1, 0.15) is 11.3 Å². The second-order valence-corrected chi connectivity index (χ2v) is 8.65. The molecule has 0 atom stereocenters. The first kappa shape index (κ1) is 22.9. The molecule has 1 heterocycles. The van der Waals surface area contributed by atoms with Crippen molar-refractivity contribution in [1.82, 2.24) is 4.98 Å². The Morgan fingerprint density at radius 1 is 1.09 bits per heavy atom. The van der Waals surface area contributed by atoms with Crippen LogP contribution >= 0.6 is 23.2 Å². The molecule has 168 valence electrons. The normalized spacial score (nSPS) is 11.5. The summed E-state index contributed by atoms with van der Waals surface area (Å²) in [7, 11) is 1.51. The third-order valence-corrected chi connectivity index (χ3v) is 5.63. The van der Waals surface area contributed by atoms with E-state index in [2.05, 4.69) is 36.3 Å². The maximum atomic E-state index is 12.5. The van der Waals surface area contributed by atoms with Crippen molar-refractivity contribution in [2.45, 2.75) is 19.8 Å². The summed E-state index contributed by atoms with van der Waals surface area (Å²) in [6.07, 6.45) is 2.98. The molecule has 4 aromatic rings. The summed E-state index contributed by atoms with van der Waals surface area (Å²) >= 11 is 12.2. The molecule has 0 saturated carbocycles. The summed E-state index contributed by atoms with van der Waals surface area (Å²) in [4.78, 5) is 17.0. The number of nitrogens with zero attached hydrogens (tertiary/aromatic N) is 1. The molecule has 0 aliphatic heterocycles. The zero-order valence-corrected chi connectivity index (χ0v) is 19.9. The van der Waals surface area contributed by atoms with E-state index in [1.54, 1.807) is 36.4 Å². The van der Waals surface area contributed by atoms with Crippen LogP contribution in [-0.4, -0.2) is 18.0 Å². The molecule has 5 nitrogen and oxygen atoms in total. The van der Waals surface area contributed by atoms with Gasteiger partial charge >= 0.3 is 0 Å². The van der Waals surface area contributed by atoms with Crippen LogP contribution in [-0.2, 0) is 4.79 Å². The lowest BCUT2D eigenvalue weighted by Gasteiger charge is -2.08. The molecule has 0 radical (unpaired) electrons.